The normalized spacial score (nSPS) is 9.58. The molecule has 1 aromatic rings. The van der Waals surface area contributed by atoms with Crippen molar-refractivity contribution >= 4 is 11.8 Å². The van der Waals surface area contributed by atoms with Crippen molar-refractivity contribution in [2.75, 3.05) is 0 Å². The number of aromatic nitrogens is 1. The first-order valence-corrected chi connectivity index (χ1v) is 3.78. The summed E-state index contributed by atoms with van der Waals surface area (Å²) in [7, 11) is 0. The van der Waals surface area contributed by atoms with Crippen LogP contribution in [0.2, 0.25) is 0 Å². The molecular formula is C9H10N2O. The van der Waals surface area contributed by atoms with Gasteiger partial charge in [-0.05, 0) is 18.1 Å². The zero-order valence-corrected chi connectivity index (χ0v) is 7.11. The fraction of sp³-hybridized carbons (Fsp3) is 0.333. The van der Waals surface area contributed by atoms with Crippen molar-refractivity contribution in [2.45, 2.75) is 19.8 Å². The highest BCUT2D eigenvalue weighted by Gasteiger charge is 2.05. The number of hydrogen-bond acceptors (Lipinski definition) is 3. The Labute approximate surface area is 71.2 Å². The van der Waals surface area contributed by atoms with Crippen LogP contribution in [0.3, 0.4) is 0 Å². The minimum absolute atomic E-state index is 0.276. The van der Waals surface area contributed by atoms with Gasteiger partial charge >= 0.3 is 0 Å². The van der Waals surface area contributed by atoms with E-state index in [1.54, 1.807) is 18.3 Å². The van der Waals surface area contributed by atoms with Crippen LogP contribution in [0.5, 0.6) is 0 Å². The summed E-state index contributed by atoms with van der Waals surface area (Å²) in [5, 5.41) is 0. The van der Waals surface area contributed by atoms with Gasteiger partial charge in [0, 0.05) is 6.20 Å². The Morgan fingerprint density at radius 1 is 1.58 bits per heavy atom. The SMILES string of the molecule is CC(C)c1ncccc1N=C=O. The Morgan fingerprint density at radius 2 is 2.33 bits per heavy atom. The van der Waals surface area contributed by atoms with Crippen LogP contribution in [0.15, 0.2) is 23.3 Å². The third kappa shape index (κ3) is 1.77. The van der Waals surface area contributed by atoms with E-state index >= 15 is 0 Å². The summed E-state index contributed by atoms with van der Waals surface area (Å²) in [6.07, 6.45) is 3.21. The second-order valence-corrected chi connectivity index (χ2v) is 2.77. The Kier molecular flexibility index (Phi) is 2.72. The predicted octanol–water partition coefficient (Wildman–Crippen LogP) is 2.17. The molecule has 0 aliphatic heterocycles. The summed E-state index contributed by atoms with van der Waals surface area (Å²) in [6.45, 7) is 4.01. The van der Waals surface area contributed by atoms with E-state index < -0.39 is 0 Å². The monoisotopic (exact) mass is 162 g/mol. The summed E-state index contributed by atoms with van der Waals surface area (Å²) in [6, 6.07) is 3.51. The van der Waals surface area contributed by atoms with Crippen LogP contribution in [-0.2, 0) is 4.79 Å². The first kappa shape index (κ1) is 8.62. The van der Waals surface area contributed by atoms with Gasteiger partial charge < -0.3 is 0 Å². The zero-order valence-electron chi connectivity index (χ0n) is 7.11. The lowest BCUT2D eigenvalue weighted by Crippen LogP contribution is -1.91. The minimum Gasteiger partial charge on any atom is -0.259 e. The molecule has 0 N–H and O–H groups in total. The average molecular weight is 162 g/mol. The standard InChI is InChI=1S/C9H10N2O/c1-7(2)9-8(11-6-12)4-3-5-10-9/h3-5,7H,1-2H3. The number of isocyanates is 1. The second-order valence-electron chi connectivity index (χ2n) is 2.77. The molecule has 62 valence electrons. The Morgan fingerprint density at radius 3 is 2.92 bits per heavy atom. The number of aliphatic imine (C=N–C) groups is 1. The van der Waals surface area contributed by atoms with Crippen molar-refractivity contribution in [3.63, 3.8) is 0 Å². The van der Waals surface area contributed by atoms with Gasteiger partial charge in [-0.25, -0.2) is 4.79 Å². The molecule has 0 unspecified atom stereocenters. The lowest BCUT2D eigenvalue weighted by molar-refractivity contribution is 0.565. The number of nitrogens with zero attached hydrogens (tertiary/aromatic N) is 2. The van der Waals surface area contributed by atoms with Gasteiger partial charge in [0.05, 0.1) is 11.4 Å². The number of hydrogen-bond donors (Lipinski definition) is 0. The van der Waals surface area contributed by atoms with E-state index in [-0.39, 0.29) is 5.92 Å². The fourth-order valence-electron chi connectivity index (χ4n) is 0.998. The van der Waals surface area contributed by atoms with E-state index in [1.165, 1.54) is 6.08 Å². The van der Waals surface area contributed by atoms with Crippen LogP contribution in [0.4, 0.5) is 5.69 Å². The summed E-state index contributed by atoms with van der Waals surface area (Å²) < 4.78 is 0. The van der Waals surface area contributed by atoms with Crippen molar-refractivity contribution in [1.29, 1.82) is 0 Å². The molecule has 0 aromatic carbocycles. The molecule has 0 atom stereocenters. The molecule has 0 aliphatic carbocycles. The molecule has 3 heteroatoms. The van der Waals surface area contributed by atoms with E-state index in [2.05, 4.69) is 9.98 Å². The molecule has 0 bridgehead atoms. The number of rotatable bonds is 2. The van der Waals surface area contributed by atoms with E-state index in [0.29, 0.717) is 5.69 Å². The lowest BCUT2D eigenvalue weighted by Gasteiger charge is -2.04. The smallest absolute Gasteiger partial charge is 0.240 e. The maximum absolute atomic E-state index is 10.0. The third-order valence-corrected chi connectivity index (χ3v) is 1.53. The van der Waals surface area contributed by atoms with E-state index in [0.717, 1.165) is 5.69 Å². The zero-order chi connectivity index (χ0) is 8.97. The van der Waals surface area contributed by atoms with Crippen LogP contribution < -0.4 is 0 Å². The molecule has 1 aromatic heterocycles. The van der Waals surface area contributed by atoms with Gasteiger partial charge in [0.2, 0.25) is 6.08 Å². The molecule has 1 rings (SSSR count). The molecular weight excluding hydrogens is 152 g/mol. The first-order valence-electron chi connectivity index (χ1n) is 3.78. The summed E-state index contributed by atoms with van der Waals surface area (Å²) >= 11 is 0. The molecule has 3 nitrogen and oxygen atoms in total. The summed E-state index contributed by atoms with van der Waals surface area (Å²) in [5.74, 6) is 0.276. The molecule has 1 heterocycles. The molecule has 0 amide bonds. The number of carbonyl (C=O) groups excluding carboxylic acids is 1. The Hall–Kier alpha value is -1.47. The summed E-state index contributed by atoms with van der Waals surface area (Å²) in [4.78, 5) is 17.7. The van der Waals surface area contributed by atoms with Crippen LogP contribution in [0.1, 0.15) is 25.5 Å². The fourth-order valence-corrected chi connectivity index (χ4v) is 0.998. The van der Waals surface area contributed by atoms with E-state index in [1.807, 2.05) is 13.8 Å². The molecule has 0 radical (unpaired) electrons. The van der Waals surface area contributed by atoms with E-state index in [4.69, 9.17) is 0 Å². The van der Waals surface area contributed by atoms with Crippen LogP contribution in [-0.4, -0.2) is 11.1 Å². The van der Waals surface area contributed by atoms with Crippen LogP contribution >= 0.6 is 0 Å². The van der Waals surface area contributed by atoms with Gasteiger partial charge in [0.1, 0.15) is 0 Å². The quantitative estimate of drug-likeness (QED) is 0.494. The maximum atomic E-state index is 10.0. The molecule has 0 fully saturated rings. The van der Waals surface area contributed by atoms with Gasteiger partial charge in [-0.1, -0.05) is 13.8 Å². The Bertz CT molecular complexity index is 314. The third-order valence-electron chi connectivity index (χ3n) is 1.53. The van der Waals surface area contributed by atoms with Crippen molar-refractivity contribution in [1.82, 2.24) is 4.98 Å². The topological polar surface area (TPSA) is 42.3 Å². The van der Waals surface area contributed by atoms with Crippen LogP contribution in [0.25, 0.3) is 0 Å². The molecule has 0 spiro atoms. The summed E-state index contributed by atoms with van der Waals surface area (Å²) in [5.41, 5.74) is 1.45. The van der Waals surface area contributed by atoms with Gasteiger partial charge in [-0.15, -0.1) is 0 Å². The van der Waals surface area contributed by atoms with Gasteiger partial charge in [0.15, 0.2) is 0 Å². The van der Waals surface area contributed by atoms with E-state index in [9.17, 15) is 4.79 Å². The highest BCUT2D eigenvalue weighted by atomic mass is 16.1. The van der Waals surface area contributed by atoms with Gasteiger partial charge in [-0.2, -0.15) is 4.99 Å². The molecule has 0 saturated carbocycles. The average Bonchev–Trinajstić information content (AvgIpc) is 2.05. The minimum atomic E-state index is 0.276. The highest BCUT2D eigenvalue weighted by molar-refractivity contribution is 5.51. The highest BCUT2D eigenvalue weighted by Crippen LogP contribution is 2.22. The van der Waals surface area contributed by atoms with Gasteiger partial charge in [0.25, 0.3) is 0 Å². The van der Waals surface area contributed by atoms with Crippen molar-refractivity contribution in [3.8, 4) is 0 Å². The van der Waals surface area contributed by atoms with Gasteiger partial charge in [-0.3, -0.25) is 4.98 Å². The maximum Gasteiger partial charge on any atom is 0.240 e. The molecule has 12 heavy (non-hydrogen) atoms. The van der Waals surface area contributed by atoms with Crippen molar-refractivity contribution in [3.05, 3.63) is 24.0 Å². The largest absolute Gasteiger partial charge is 0.259 e. The first-order chi connectivity index (χ1) is 5.75. The van der Waals surface area contributed by atoms with Crippen molar-refractivity contribution in [2.24, 2.45) is 4.99 Å². The second kappa shape index (κ2) is 3.79. The van der Waals surface area contributed by atoms with Crippen molar-refractivity contribution < 1.29 is 4.79 Å². The molecule has 0 aliphatic rings. The predicted molar refractivity (Wildman–Crippen MR) is 46.1 cm³/mol. The molecule has 0 saturated heterocycles. The Balaban J connectivity index is 3.17. The van der Waals surface area contributed by atoms with Crippen LogP contribution in [0, 0.1) is 0 Å². The lowest BCUT2D eigenvalue weighted by atomic mass is 10.1. The number of pyridine rings is 1.